The molecule has 0 saturated carbocycles. The van der Waals surface area contributed by atoms with Gasteiger partial charge in [-0.05, 0) is 25.0 Å². The van der Waals surface area contributed by atoms with Gasteiger partial charge < -0.3 is 10.2 Å². The van der Waals surface area contributed by atoms with Gasteiger partial charge in [-0.25, -0.2) is 14.6 Å². The van der Waals surface area contributed by atoms with Crippen LogP contribution in [0.2, 0.25) is 0 Å². The van der Waals surface area contributed by atoms with Crippen LogP contribution in [0.4, 0.5) is 0 Å². The number of rotatable bonds is 5. The molecule has 3 rings (SSSR count). The Morgan fingerprint density at radius 1 is 1.23 bits per heavy atom. The fraction of sp³-hybridized carbons (Fsp3) is 0.222. The van der Waals surface area contributed by atoms with Gasteiger partial charge in [-0.3, -0.25) is 9.36 Å². The molecule has 0 aliphatic rings. The van der Waals surface area contributed by atoms with Crippen molar-refractivity contribution in [1.82, 2.24) is 9.55 Å². The average Bonchev–Trinajstić information content (AvgIpc) is 2.92. The van der Waals surface area contributed by atoms with E-state index in [1.165, 1.54) is 13.8 Å². The van der Waals surface area contributed by atoms with E-state index in [0.717, 1.165) is 21.5 Å². The predicted molar refractivity (Wildman–Crippen MR) is 97.2 cm³/mol. The van der Waals surface area contributed by atoms with Crippen LogP contribution < -0.4 is 5.56 Å². The molecular weight excluding hydrogens is 356 g/mol. The van der Waals surface area contributed by atoms with Gasteiger partial charge in [0.2, 0.25) is 0 Å². The summed E-state index contributed by atoms with van der Waals surface area (Å²) >= 11 is 0.928. The molecule has 7 nitrogen and oxygen atoms in total. The number of fused-ring (bicyclic) bond motifs is 1. The molecule has 1 unspecified atom stereocenters. The second-order valence-electron chi connectivity index (χ2n) is 5.92. The number of carboxylic acid groups (broad SMARTS) is 2. The summed E-state index contributed by atoms with van der Waals surface area (Å²) in [6.45, 7) is 2.95. The van der Waals surface area contributed by atoms with Crippen LogP contribution >= 0.6 is 11.3 Å². The predicted octanol–water partition coefficient (Wildman–Crippen LogP) is 2.70. The monoisotopic (exact) mass is 372 g/mol. The number of benzene rings is 1. The minimum Gasteiger partial charge on any atom is -0.480 e. The number of aryl methyl sites for hydroxylation is 1. The summed E-state index contributed by atoms with van der Waals surface area (Å²) in [7, 11) is 0. The molecule has 0 saturated heterocycles. The molecule has 1 atom stereocenters. The number of thiophene rings is 1. The highest BCUT2D eigenvalue weighted by Gasteiger charge is 2.25. The van der Waals surface area contributed by atoms with Crippen LogP contribution in [0.25, 0.3) is 10.2 Å². The molecule has 0 spiro atoms. The minimum absolute atomic E-state index is 0.0380. The molecule has 134 valence electrons. The first-order valence-electron chi connectivity index (χ1n) is 7.85. The molecule has 0 bridgehead atoms. The van der Waals surface area contributed by atoms with Gasteiger partial charge in [-0.15, -0.1) is 11.3 Å². The van der Waals surface area contributed by atoms with E-state index < -0.39 is 23.5 Å². The van der Waals surface area contributed by atoms with Crippen molar-refractivity contribution in [3.63, 3.8) is 0 Å². The van der Waals surface area contributed by atoms with Crippen molar-refractivity contribution in [3.8, 4) is 0 Å². The number of hydrogen-bond donors (Lipinski definition) is 2. The highest BCUT2D eigenvalue weighted by Crippen LogP contribution is 2.28. The quantitative estimate of drug-likeness (QED) is 0.713. The normalized spacial score (nSPS) is 12.2. The molecular formula is C18H16N2O5S. The zero-order chi connectivity index (χ0) is 19.0. The first-order valence-corrected chi connectivity index (χ1v) is 8.67. The molecule has 1 aromatic carbocycles. The van der Waals surface area contributed by atoms with E-state index in [-0.39, 0.29) is 16.7 Å². The molecule has 0 amide bonds. The molecule has 3 aromatic rings. The van der Waals surface area contributed by atoms with Gasteiger partial charge >= 0.3 is 11.9 Å². The number of hydrogen-bond acceptors (Lipinski definition) is 5. The van der Waals surface area contributed by atoms with Crippen molar-refractivity contribution in [2.45, 2.75) is 26.3 Å². The number of aromatic carboxylic acids is 1. The van der Waals surface area contributed by atoms with E-state index in [2.05, 4.69) is 4.98 Å². The van der Waals surface area contributed by atoms with Crippen LogP contribution in [0.1, 0.15) is 39.6 Å². The third-order valence-corrected chi connectivity index (χ3v) is 5.39. The number of aromatic nitrogens is 2. The van der Waals surface area contributed by atoms with Crippen LogP contribution in [0.3, 0.4) is 0 Å². The van der Waals surface area contributed by atoms with Crippen molar-refractivity contribution in [3.05, 3.63) is 62.5 Å². The van der Waals surface area contributed by atoms with Crippen LogP contribution in [-0.4, -0.2) is 31.7 Å². The maximum absolute atomic E-state index is 13.0. The van der Waals surface area contributed by atoms with Gasteiger partial charge in [-0.2, -0.15) is 0 Å². The van der Waals surface area contributed by atoms with E-state index in [1.54, 1.807) is 0 Å². The Kier molecular flexibility index (Phi) is 4.60. The van der Waals surface area contributed by atoms with Crippen molar-refractivity contribution in [2.75, 3.05) is 0 Å². The van der Waals surface area contributed by atoms with Crippen LogP contribution in [0.15, 0.2) is 35.1 Å². The van der Waals surface area contributed by atoms with Gasteiger partial charge in [0, 0.05) is 6.42 Å². The van der Waals surface area contributed by atoms with Crippen LogP contribution in [0, 0.1) is 6.92 Å². The topological polar surface area (TPSA) is 109 Å². The Hall–Kier alpha value is -3.00. The third-order valence-electron chi connectivity index (χ3n) is 4.21. The lowest BCUT2D eigenvalue weighted by Crippen LogP contribution is -2.32. The maximum atomic E-state index is 13.0. The maximum Gasteiger partial charge on any atom is 0.346 e. The summed E-state index contributed by atoms with van der Waals surface area (Å²) in [5.41, 5.74) is 0.654. The first-order chi connectivity index (χ1) is 12.3. The highest BCUT2D eigenvalue weighted by atomic mass is 32.1. The number of carbonyl (C=O) groups is 2. The van der Waals surface area contributed by atoms with E-state index in [9.17, 15) is 24.6 Å². The van der Waals surface area contributed by atoms with Gasteiger partial charge in [0.15, 0.2) is 0 Å². The first kappa shape index (κ1) is 17.8. The average molecular weight is 372 g/mol. The molecule has 0 aliphatic carbocycles. The van der Waals surface area contributed by atoms with E-state index in [0.29, 0.717) is 16.2 Å². The lowest BCUT2D eigenvalue weighted by Gasteiger charge is -2.16. The summed E-state index contributed by atoms with van der Waals surface area (Å²) in [5.74, 6) is -2.00. The van der Waals surface area contributed by atoms with E-state index in [1.807, 2.05) is 30.3 Å². The Morgan fingerprint density at radius 2 is 1.88 bits per heavy atom. The van der Waals surface area contributed by atoms with Crippen molar-refractivity contribution in [2.24, 2.45) is 0 Å². The van der Waals surface area contributed by atoms with Gasteiger partial charge in [0.1, 0.15) is 21.6 Å². The molecule has 2 aromatic heterocycles. The second kappa shape index (κ2) is 6.72. The molecule has 26 heavy (non-hydrogen) atoms. The van der Waals surface area contributed by atoms with Crippen LogP contribution in [-0.2, 0) is 11.2 Å². The van der Waals surface area contributed by atoms with Gasteiger partial charge in [-0.1, -0.05) is 30.3 Å². The smallest absolute Gasteiger partial charge is 0.346 e. The number of aliphatic carboxylic acids is 1. The van der Waals surface area contributed by atoms with Gasteiger partial charge in [0.05, 0.1) is 5.39 Å². The van der Waals surface area contributed by atoms with Crippen LogP contribution in [0.5, 0.6) is 0 Å². The highest BCUT2D eigenvalue weighted by molar-refractivity contribution is 7.20. The minimum atomic E-state index is -1.16. The Balaban J connectivity index is 2.31. The lowest BCUT2D eigenvalue weighted by atomic mass is 10.1. The molecule has 2 heterocycles. The Bertz CT molecular complexity index is 1070. The number of carboxylic acids is 2. The summed E-state index contributed by atoms with van der Waals surface area (Å²) in [6, 6.07) is 8.13. The third kappa shape index (κ3) is 2.99. The number of nitrogens with zero attached hydrogens (tertiary/aromatic N) is 2. The largest absolute Gasteiger partial charge is 0.480 e. The van der Waals surface area contributed by atoms with Gasteiger partial charge in [0.25, 0.3) is 5.56 Å². The summed E-state index contributed by atoms with van der Waals surface area (Å²) < 4.78 is 1.14. The molecule has 0 radical (unpaired) electrons. The summed E-state index contributed by atoms with van der Waals surface area (Å²) in [6.07, 6.45) is 0.267. The molecule has 0 aliphatic heterocycles. The van der Waals surface area contributed by atoms with Crippen molar-refractivity contribution < 1.29 is 19.8 Å². The fourth-order valence-corrected chi connectivity index (χ4v) is 3.88. The second-order valence-corrected chi connectivity index (χ2v) is 6.92. The zero-order valence-electron chi connectivity index (χ0n) is 14.1. The SMILES string of the molecule is Cc1c(C(=O)O)sc2nc(Cc3ccccc3)n(C(C)C(=O)O)c(=O)c12. The fourth-order valence-electron chi connectivity index (χ4n) is 2.85. The molecule has 2 N–H and O–H groups in total. The lowest BCUT2D eigenvalue weighted by molar-refractivity contribution is -0.140. The van der Waals surface area contributed by atoms with E-state index >= 15 is 0 Å². The standard InChI is InChI=1S/C18H16N2O5S/c1-9-13-15(26-14(9)18(24)25)19-12(8-11-6-4-3-5-7-11)20(16(13)21)10(2)17(22)23/h3-7,10H,8H2,1-2H3,(H,22,23)(H,24,25). The van der Waals surface area contributed by atoms with Crippen molar-refractivity contribution >= 4 is 33.5 Å². The van der Waals surface area contributed by atoms with E-state index in [4.69, 9.17) is 0 Å². The Morgan fingerprint density at radius 3 is 2.46 bits per heavy atom. The molecule has 0 fully saturated rings. The summed E-state index contributed by atoms with van der Waals surface area (Å²) in [5, 5.41) is 18.9. The molecule has 8 heteroatoms. The Labute approximate surface area is 152 Å². The zero-order valence-corrected chi connectivity index (χ0v) is 14.9. The summed E-state index contributed by atoms with van der Waals surface area (Å²) in [4.78, 5) is 40.7. The van der Waals surface area contributed by atoms with Crippen molar-refractivity contribution in [1.29, 1.82) is 0 Å².